The zero-order chi connectivity index (χ0) is 24.8. The molecule has 2 heterocycles. The Bertz CT molecular complexity index is 1220. The minimum Gasteiger partial charge on any atom is -0.465 e. The average molecular weight is 489 g/mol. The molecule has 0 spiro atoms. The van der Waals surface area contributed by atoms with Crippen molar-refractivity contribution in [1.29, 1.82) is 5.26 Å². The molecule has 0 bridgehead atoms. The zero-order valence-corrected chi connectivity index (χ0v) is 21.3. The highest BCUT2D eigenvalue weighted by Crippen LogP contribution is 2.37. The lowest BCUT2D eigenvalue weighted by molar-refractivity contribution is -0.145. The lowest BCUT2D eigenvalue weighted by Gasteiger charge is -2.22. The van der Waals surface area contributed by atoms with E-state index in [1.165, 1.54) is 4.88 Å². The van der Waals surface area contributed by atoms with Gasteiger partial charge in [0.1, 0.15) is 11.9 Å². The summed E-state index contributed by atoms with van der Waals surface area (Å²) in [6.45, 7) is 2.48. The van der Waals surface area contributed by atoms with Crippen molar-refractivity contribution < 1.29 is 14.3 Å². The van der Waals surface area contributed by atoms with Gasteiger partial charge in [-0.3, -0.25) is 9.59 Å². The van der Waals surface area contributed by atoms with Crippen LogP contribution < -0.4 is 0 Å². The number of benzene rings is 1. The fraction of sp³-hybridized carbons (Fsp3) is 0.414. The molecule has 2 atom stereocenters. The second-order valence-electron chi connectivity index (χ2n) is 9.55. The van der Waals surface area contributed by atoms with Crippen LogP contribution in [0.2, 0.25) is 0 Å². The van der Waals surface area contributed by atoms with Gasteiger partial charge < -0.3 is 9.30 Å². The van der Waals surface area contributed by atoms with Crippen molar-refractivity contribution in [3.05, 3.63) is 80.8 Å². The highest BCUT2D eigenvalue weighted by Gasteiger charge is 2.27. The first-order valence-corrected chi connectivity index (χ1v) is 13.1. The molecule has 0 saturated heterocycles. The number of aryl methyl sites for hydroxylation is 2. The second-order valence-corrected chi connectivity index (χ2v) is 10.7. The largest absolute Gasteiger partial charge is 0.465 e. The Labute approximate surface area is 211 Å². The Kier molecular flexibility index (Phi) is 8.20. The Morgan fingerprint density at radius 2 is 2.03 bits per heavy atom. The normalized spacial score (nSPS) is 15.7. The Morgan fingerprint density at radius 3 is 2.74 bits per heavy atom. The van der Waals surface area contributed by atoms with Crippen LogP contribution in [0, 0.1) is 17.2 Å². The molecular formula is C29H32N2O3S. The van der Waals surface area contributed by atoms with E-state index in [-0.39, 0.29) is 23.6 Å². The first-order chi connectivity index (χ1) is 16.9. The van der Waals surface area contributed by atoms with E-state index < -0.39 is 0 Å². The van der Waals surface area contributed by atoms with Gasteiger partial charge in [0.05, 0.1) is 18.6 Å². The lowest BCUT2D eigenvalue weighted by atomic mass is 9.87. The number of nitrogens with zero attached hydrogens (tertiary/aromatic N) is 2. The molecule has 0 N–H and O–H groups in total. The summed E-state index contributed by atoms with van der Waals surface area (Å²) in [5, 5.41) is 9.81. The first-order valence-electron chi connectivity index (χ1n) is 12.3. The van der Waals surface area contributed by atoms with Crippen LogP contribution >= 0.6 is 11.3 Å². The summed E-state index contributed by atoms with van der Waals surface area (Å²) in [4.78, 5) is 27.1. The molecule has 2 unspecified atom stereocenters. The van der Waals surface area contributed by atoms with E-state index in [1.807, 2.05) is 48.1 Å². The van der Waals surface area contributed by atoms with Crippen LogP contribution in [-0.4, -0.2) is 22.9 Å². The Balaban J connectivity index is 1.31. The molecule has 3 aromatic rings. The molecule has 35 heavy (non-hydrogen) atoms. The summed E-state index contributed by atoms with van der Waals surface area (Å²) in [5.74, 6) is 0.415. The number of esters is 1. The van der Waals surface area contributed by atoms with Gasteiger partial charge in [0.25, 0.3) is 0 Å². The van der Waals surface area contributed by atoms with Crippen molar-refractivity contribution in [3.8, 4) is 6.07 Å². The minimum atomic E-state index is -0.167. The highest BCUT2D eigenvalue weighted by atomic mass is 32.1. The topological polar surface area (TPSA) is 72.1 Å². The van der Waals surface area contributed by atoms with Crippen molar-refractivity contribution >= 4 is 23.1 Å². The summed E-state index contributed by atoms with van der Waals surface area (Å²) < 4.78 is 7.60. The Hall–Kier alpha value is -3.17. The van der Waals surface area contributed by atoms with Crippen LogP contribution in [0.25, 0.3) is 0 Å². The molecule has 1 aliphatic carbocycles. The van der Waals surface area contributed by atoms with Gasteiger partial charge >= 0.3 is 5.97 Å². The van der Waals surface area contributed by atoms with E-state index >= 15 is 0 Å². The number of rotatable bonds is 10. The fourth-order valence-corrected chi connectivity index (χ4v) is 6.32. The van der Waals surface area contributed by atoms with Gasteiger partial charge in [0.2, 0.25) is 0 Å². The summed E-state index contributed by atoms with van der Waals surface area (Å²) in [7, 11) is 1.97. The lowest BCUT2D eigenvalue weighted by Crippen LogP contribution is -2.20. The maximum atomic E-state index is 12.8. The maximum Gasteiger partial charge on any atom is 0.306 e. The van der Waals surface area contributed by atoms with Gasteiger partial charge in [-0.2, -0.15) is 5.26 Å². The number of ketones is 1. The predicted octanol–water partition coefficient (Wildman–Crippen LogP) is 5.54. The first kappa shape index (κ1) is 24.9. The Morgan fingerprint density at radius 1 is 1.23 bits per heavy atom. The number of aromatic nitrogens is 1. The van der Waals surface area contributed by atoms with Gasteiger partial charge in [-0.1, -0.05) is 37.3 Å². The predicted molar refractivity (Wildman–Crippen MR) is 137 cm³/mol. The van der Waals surface area contributed by atoms with Crippen molar-refractivity contribution in [3.63, 3.8) is 0 Å². The number of Topliss-reactive ketones (excluding diaryl/α,β-unsaturated/α-hetero) is 1. The van der Waals surface area contributed by atoms with Crippen LogP contribution in [-0.2, 0) is 47.1 Å². The smallest absolute Gasteiger partial charge is 0.306 e. The number of hydrogen-bond acceptors (Lipinski definition) is 5. The summed E-state index contributed by atoms with van der Waals surface area (Å²) in [5.41, 5.74) is 4.08. The van der Waals surface area contributed by atoms with Crippen LogP contribution in [0.15, 0.2) is 48.7 Å². The summed E-state index contributed by atoms with van der Waals surface area (Å²) in [6, 6.07) is 16.4. The number of hydrogen-bond donors (Lipinski definition) is 0. The van der Waals surface area contributed by atoms with Crippen LogP contribution in [0.3, 0.4) is 0 Å². The molecule has 4 rings (SSSR count). The quantitative estimate of drug-likeness (QED) is 0.351. The standard InChI is InChI=1S/C29H32N2O3S/c1-20(22-7-4-3-5-8-22)15-24(32)17-28-26(18-30)25-12-10-21(16-27(25)35-28)19-34-29(33)13-11-23-9-6-14-31(23)2/h3-9,14,20-21H,10-13,15-17,19H2,1-2H3. The third-order valence-electron chi connectivity index (χ3n) is 6.93. The van der Waals surface area contributed by atoms with Crippen molar-refractivity contribution in [2.24, 2.45) is 13.0 Å². The fourth-order valence-electron chi connectivity index (χ4n) is 4.87. The van der Waals surface area contributed by atoms with Crippen LogP contribution in [0.5, 0.6) is 0 Å². The zero-order valence-electron chi connectivity index (χ0n) is 20.5. The molecular weight excluding hydrogens is 456 g/mol. The van der Waals surface area contributed by atoms with Gasteiger partial charge in [-0.15, -0.1) is 11.3 Å². The maximum absolute atomic E-state index is 12.8. The summed E-state index contributed by atoms with van der Waals surface area (Å²) >= 11 is 1.60. The molecule has 1 aromatic carbocycles. The molecule has 1 aliphatic rings. The van der Waals surface area contributed by atoms with E-state index in [2.05, 4.69) is 25.1 Å². The van der Waals surface area contributed by atoms with E-state index in [0.29, 0.717) is 37.9 Å². The molecule has 0 fully saturated rings. The molecule has 0 amide bonds. The van der Waals surface area contributed by atoms with Crippen LogP contribution in [0.1, 0.15) is 64.2 Å². The van der Waals surface area contributed by atoms with E-state index in [0.717, 1.165) is 41.0 Å². The molecule has 6 heteroatoms. The number of carbonyl (C=O) groups excluding carboxylic acids is 2. The summed E-state index contributed by atoms with van der Waals surface area (Å²) in [6.07, 6.45) is 6.30. The molecule has 0 saturated carbocycles. The van der Waals surface area contributed by atoms with E-state index in [9.17, 15) is 14.9 Å². The number of carbonyl (C=O) groups is 2. The number of nitriles is 1. The van der Waals surface area contributed by atoms with E-state index in [4.69, 9.17) is 4.74 Å². The second kappa shape index (κ2) is 11.5. The van der Waals surface area contributed by atoms with Gasteiger partial charge in [-0.05, 0) is 60.8 Å². The van der Waals surface area contributed by atoms with Gasteiger partial charge in [-0.25, -0.2) is 0 Å². The monoisotopic (exact) mass is 488 g/mol. The van der Waals surface area contributed by atoms with E-state index in [1.54, 1.807) is 11.3 Å². The molecule has 0 radical (unpaired) electrons. The number of thiophene rings is 1. The van der Waals surface area contributed by atoms with Crippen molar-refractivity contribution in [2.45, 2.75) is 57.8 Å². The number of ether oxygens (including phenoxy) is 1. The van der Waals surface area contributed by atoms with Crippen molar-refractivity contribution in [2.75, 3.05) is 6.61 Å². The third-order valence-corrected chi connectivity index (χ3v) is 8.18. The molecule has 182 valence electrons. The minimum absolute atomic E-state index is 0.157. The molecule has 5 nitrogen and oxygen atoms in total. The van der Waals surface area contributed by atoms with Crippen LogP contribution in [0.4, 0.5) is 0 Å². The molecule has 2 aromatic heterocycles. The average Bonchev–Trinajstić information content (AvgIpc) is 3.43. The van der Waals surface area contributed by atoms with Gasteiger partial charge in [0, 0.05) is 41.5 Å². The third kappa shape index (κ3) is 6.29. The SMILES string of the molecule is CC(CC(=O)Cc1sc2c(c1C#N)CCC(COC(=O)CCc1cccn1C)C2)c1ccccc1. The highest BCUT2D eigenvalue weighted by molar-refractivity contribution is 7.12. The van der Waals surface area contributed by atoms with Crippen molar-refractivity contribution in [1.82, 2.24) is 4.57 Å². The van der Waals surface area contributed by atoms with Gasteiger partial charge in [0.15, 0.2) is 0 Å². The molecule has 0 aliphatic heterocycles. The number of fused-ring (bicyclic) bond motifs is 1.